The summed E-state index contributed by atoms with van der Waals surface area (Å²) in [5.41, 5.74) is 0.450. The molecule has 138 valence electrons. The van der Waals surface area contributed by atoms with Gasteiger partial charge in [0.2, 0.25) is 10.0 Å². The normalized spacial score (nSPS) is 18.4. The number of ether oxygens (including phenoxy) is 1. The zero-order valence-corrected chi connectivity index (χ0v) is 14.8. The van der Waals surface area contributed by atoms with E-state index in [1.165, 1.54) is 25.3 Å². The van der Waals surface area contributed by atoms with Crippen LogP contribution in [0.2, 0.25) is 0 Å². The molecule has 1 aromatic rings. The molecule has 1 aromatic carbocycles. The van der Waals surface area contributed by atoms with Crippen molar-refractivity contribution in [2.45, 2.75) is 4.90 Å². The first-order valence-corrected chi connectivity index (χ1v) is 8.97. The summed E-state index contributed by atoms with van der Waals surface area (Å²) in [6.45, 7) is 3.12. The van der Waals surface area contributed by atoms with Gasteiger partial charge < -0.3 is 19.6 Å². The molecule has 0 saturated carbocycles. The van der Waals surface area contributed by atoms with Gasteiger partial charge in [-0.1, -0.05) is 0 Å². The van der Waals surface area contributed by atoms with Crippen LogP contribution in [0.3, 0.4) is 0 Å². The van der Waals surface area contributed by atoms with Crippen LogP contribution in [0.5, 0.6) is 5.75 Å². The number of rotatable bonds is 3. The summed E-state index contributed by atoms with van der Waals surface area (Å²) >= 11 is 0. The van der Waals surface area contributed by atoms with Gasteiger partial charge in [-0.15, -0.1) is 0 Å². The van der Waals surface area contributed by atoms with Gasteiger partial charge in [-0.2, -0.15) is 0 Å². The fourth-order valence-electron chi connectivity index (χ4n) is 3.41. The molecule has 0 atom stereocenters. The maximum Gasteiger partial charge on any atom is 0.290 e. The van der Waals surface area contributed by atoms with E-state index in [2.05, 4.69) is 4.90 Å². The van der Waals surface area contributed by atoms with E-state index in [0.717, 1.165) is 13.1 Å². The monoisotopic (exact) mass is 371 g/mol. The molecule has 2 saturated heterocycles. The highest BCUT2D eigenvalue weighted by molar-refractivity contribution is 7.89. The maximum absolute atomic E-state index is 12.6. The predicted octanol–water partition coefficient (Wildman–Crippen LogP) is -0.569. The van der Waals surface area contributed by atoms with E-state index in [9.17, 15) is 13.2 Å². The minimum Gasteiger partial charge on any atom is -0.496 e. The van der Waals surface area contributed by atoms with Gasteiger partial charge in [-0.05, 0) is 25.2 Å². The number of benzene rings is 1. The van der Waals surface area contributed by atoms with Gasteiger partial charge in [0.05, 0.1) is 17.6 Å². The summed E-state index contributed by atoms with van der Waals surface area (Å²) in [5, 5.41) is 12.0. The van der Waals surface area contributed by atoms with Crippen LogP contribution in [-0.2, 0) is 14.8 Å². The lowest BCUT2D eigenvalue weighted by atomic mass is 9.73. The Morgan fingerprint density at radius 3 is 2.32 bits per heavy atom. The van der Waals surface area contributed by atoms with E-state index in [-0.39, 0.29) is 28.3 Å². The lowest BCUT2D eigenvalue weighted by Gasteiger charge is -2.59. The van der Waals surface area contributed by atoms with Crippen LogP contribution in [0, 0.1) is 5.41 Å². The average Bonchev–Trinajstić information content (AvgIpc) is 2.48. The van der Waals surface area contributed by atoms with Crippen molar-refractivity contribution < 1.29 is 27.9 Å². The Kier molecular flexibility index (Phi) is 5.35. The number of nitrogens with two attached hydrogens (primary N) is 1. The average molecular weight is 371 g/mol. The molecule has 2 aliphatic rings. The Bertz CT molecular complexity index is 765. The van der Waals surface area contributed by atoms with Crippen LogP contribution in [0.25, 0.3) is 0 Å². The number of carbonyl (C=O) groups is 2. The van der Waals surface area contributed by atoms with Crippen molar-refractivity contribution in [1.82, 2.24) is 9.80 Å². The Morgan fingerprint density at radius 1 is 1.32 bits per heavy atom. The molecule has 1 amide bonds. The van der Waals surface area contributed by atoms with Gasteiger partial charge in [0.1, 0.15) is 5.75 Å². The fourth-order valence-corrected chi connectivity index (χ4v) is 3.95. The molecule has 0 radical (unpaired) electrons. The number of likely N-dealkylation sites (tertiary alicyclic amines) is 2. The lowest BCUT2D eigenvalue weighted by molar-refractivity contribution is -0.122. The van der Waals surface area contributed by atoms with E-state index in [1.807, 2.05) is 7.05 Å². The largest absolute Gasteiger partial charge is 0.496 e. The number of carboxylic acid groups (broad SMARTS) is 1. The molecule has 2 heterocycles. The molecule has 3 rings (SSSR count). The summed E-state index contributed by atoms with van der Waals surface area (Å²) in [7, 11) is -0.359. The van der Waals surface area contributed by atoms with Crippen molar-refractivity contribution in [3.8, 4) is 5.75 Å². The quantitative estimate of drug-likeness (QED) is 0.681. The third-order valence-electron chi connectivity index (χ3n) is 4.28. The van der Waals surface area contributed by atoms with Crippen molar-refractivity contribution in [2.75, 3.05) is 40.3 Å². The van der Waals surface area contributed by atoms with E-state index in [1.54, 1.807) is 4.90 Å². The number of methoxy groups -OCH3 is 1. The summed E-state index contributed by atoms with van der Waals surface area (Å²) in [4.78, 5) is 24.8. The van der Waals surface area contributed by atoms with Gasteiger partial charge in [-0.3, -0.25) is 9.59 Å². The first-order chi connectivity index (χ1) is 11.7. The molecule has 0 aromatic heterocycles. The first kappa shape index (κ1) is 19.2. The molecule has 0 aliphatic carbocycles. The second-order valence-corrected chi connectivity index (χ2v) is 7.91. The highest BCUT2D eigenvalue weighted by Crippen LogP contribution is 2.40. The van der Waals surface area contributed by atoms with Gasteiger partial charge in [0.25, 0.3) is 12.4 Å². The van der Waals surface area contributed by atoms with E-state index in [4.69, 9.17) is 19.8 Å². The SMILES string of the molecule is COc1ccc(S(N)(=O)=O)cc1C(=O)N1CC2(CN(C)C2)C1.O=CO. The number of primary sulfonamides is 1. The molecule has 0 bridgehead atoms. The smallest absolute Gasteiger partial charge is 0.290 e. The van der Waals surface area contributed by atoms with Crippen LogP contribution in [0.1, 0.15) is 10.4 Å². The molecule has 9 nitrogen and oxygen atoms in total. The second-order valence-electron chi connectivity index (χ2n) is 6.35. The number of amides is 1. The fraction of sp³-hybridized carbons (Fsp3) is 0.467. The number of hydrogen-bond donors (Lipinski definition) is 2. The Morgan fingerprint density at radius 2 is 1.88 bits per heavy atom. The number of hydrogen-bond acceptors (Lipinski definition) is 6. The van der Waals surface area contributed by atoms with Crippen LogP contribution in [-0.4, -0.2) is 76.0 Å². The topological polar surface area (TPSA) is 130 Å². The molecule has 1 spiro atoms. The minimum atomic E-state index is -3.85. The zero-order chi connectivity index (χ0) is 18.8. The molecule has 2 fully saturated rings. The molecule has 10 heteroatoms. The molecular formula is C15H21N3O6S. The van der Waals surface area contributed by atoms with Crippen LogP contribution in [0.4, 0.5) is 0 Å². The Balaban J connectivity index is 0.000000701. The lowest BCUT2D eigenvalue weighted by Crippen LogP contribution is -2.72. The van der Waals surface area contributed by atoms with Crippen molar-refractivity contribution in [3.05, 3.63) is 23.8 Å². The molecule has 0 unspecified atom stereocenters. The number of carbonyl (C=O) groups excluding carboxylic acids is 1. The van der Waals surface area contributed by atoms with Crippen LogP contribution >= 0.6 is 0 Å². The highest BCUT2D eigenvalue weighted by atomic mass is 32.2. The van der Waals surface area contributed by atoms with Crippen LogP contribution < -0.4 is 9.88 Å². The van der Waals surface area contributed by atoms with Crippen molar-refractivity contribution in [2.24, 2.45) is 10.6 Å². The van der Waals surface area contributed by atoms with Gasteiger partial charge in [0, 0.05) is 31.6 Å². The van der Waals surface area contributed by atoms with E-state index in [0.29, 0.717) is 18.8 Å². The van der Waals surface area contributed by atoms with Gasteiger partial charge in [0.15, 0.2) is 0 Å². The minimum absolute atomic E-state index is 0.0877. The van der Waals surface area contributed by atoms with E-state index >= 15 is 0 Å². The van der Waals surface area contributed by atoms with E-state index < -0.39 is 10.0 Å². The van der Waals surface area contributed by atoms with Gasteiger partial charge >= 0.3 is 0 Å². The molecule has 2 aliphatic heterocycles. The molecule has 25 heavy (non-hydrogen) atoms. The number of nitrogens with zero attached hydrogens (tertiary/aromatic N) is 2. The van der Waals surface area contributed by atoms with Gasteiger partial charge in [-0.25, -0.2) is 13.6 Å². The third kappa shape index (κ3) is 3.91. The predicted molar refractivity (Wildman–Crippen MR) is 88.9 cm³/mol. The Labute approximate surface area is 146 Å². The summed E-state index contributed by atoms with van der Waals surface area (Å²) in [6, 6.07) is 4.08. The van der Waals surface area contributed by atoms with Crippen molar-refractivity contribution in [3.63, 3.8) is 0 Å². The second kappa shape index (κ2) is 6.98. The molecule has 3 N–H and O–H groups in total. The summed E-state index contributed by atoms with van der Waals surface area (Å²) < 4.78 is 28.1. The Hall–Kier alpha value is -2.17. The molecular weight excluding hydrogens is 350 g/mol. The number of sulfonamides is 1. The summed E-state index contributed by atoms with van der Waals surface area (Å²) in [5.74, 6) is 0.131. The first-order valence-electron chi connectivity index (χ1n) is 7.42. The summed E-state index contributed by atoms with van der Waals surface area (Å²) in [6.07, 6.45) is 0. The zero-order valence-electron chi connectivity index (χ0n) is 14.0. The third-order valence-corrected chi connectivity index (χ3v) is 5.19. The van der Waals surface area contributed by atoms with Crippen molar-refractivity contribution >= 4 is 22.4 Å². The maximum atomic E-state index is 12.6. The highest BCUT2D eigenvalue weighted by Gasteiger charge is 2.52. The van der Waals surface area contributed by atoms with Crippen LogP contribution in [0.15, 0.2) is 23.1 Å². The van der Waals surface area contributed by atoms with Crippen molar-refractivity contribution in [1.29, 1.82) is 0 Å². The standard InChI is InChI=1S/C14H19N3O4S.CH2O2/c1-16-6-14(7-16)8-17(9-14)13(18)11-5-10(22(15,19)20)3-4-12(11)21-2;2-1-3/h3-5H,6-9H2,1-2H3,(H2,15,19,20);1H,(H,2,3).